The SMILES string of the molecule is Cc1ccc(N(C)CC(O)C2CCOC2)c(C)c1. The van der Waals surface area contributed by atoms with E-state index in [1.165, 1.54) is 16.8 Å². The van der Waals surface area contributed by atoms with Crippen LogP contribution in [0.5, 0.6) is 0 Å². The van der Waals surface area contributed by atoms with Gasteiger partial charge in [0.2, 0.25) is 0 Å². The maximum atomic E-state index is 10.2. The van der Waals surface area contributed by atoms with Gasteiger partial charge in [0.1, 0.15) is 0 Å². The summed E-state index contributed by atoms with van der Waals surface area (Å²) in [4.78, 5) is 2.14. The van der Waals surface area contributed by atoms with Crippen LogP contribution in [-0.2, 0) is 4.74 Å². The second kappa shape index (κ2) is 5.72. The van der Waals surface area contributed by atoms with Gasteiger partial charge in [-0.1, -0.05) is 17.7 Å². The Labute approximate surface area is 109 Å². The molecule has 2 atom stereocenters. The van der Waals surface area contributed by atoms with Gasteiger partial charge in [-0.3, -0.25) is 0 Å². The molecular formula is C15H23NO2. The van der Waals surface area contributed by atoms with Crippen molar-refractivity contribution in [1.82, 2.24) is 0 Å². The summed E-state index contributed by atoms with van der Waals surface area (Å²) in [6.07, 6.45) is 0.667. The molecule has 2 rings (SSSR count). The topological polar surface area (TPSA) is 32.7 Å². The van der Waals surface area contributed by atoms with E-state index in [2.05, 4.69) is 36.9 Å². The Balaban J connectivity index is 2.00. The van der Waals surface area contributed by atoms with Gasteiger partial charge >= 0.3 is 0 Å². The van der Waals surface area contributed by atoms with Gasteiger partial charge in [0.25, 0.3) is 0 Å². The van der Waals surface area contributed by atoms with Gasteiger partial charge in [-0.2, -0.15) is 0 Å². The number of rotatable bonds is 4. The molecule has 3 heteroatoms. The van der Waals surface area contributed by atoms with E-state index in [1.54, 1.807) is 0 Å². The van der Waals surface area contributed by atoms with Crippen molar-refractivity contribution in [3.05, 3.63) is 29.3 Å². The van der Waals surface area contributed by atoms with E-state index in [0.717, 1.165) is 13.0 Å². The van der Waals surface area contributed by atoms with Crippen molar-refractivity contribution in [1.29, 1.82) is 0 Å². The highest BCUT2D eigenvalue weighted by molar-refractivity contribution is 5.53. The number of aliphatic hydroxyl groups excluding tert-OH is 1. The average Bonchev–Trinajstić information content (AvgIpc) is 2.81. The van der Waals surface area contributed by atoms with Gasteiger partial charge in [0, 0.05) is 31.8 Å². The molecule has 0 aromatic heterocycles. The van der Waals surface area contributed by atoms with Gasteiger partial charge < -0.3 is 14.7 Å². The molecule has 0 amide bonds. The van der Waals surface area contributed by atoms with Crippen LogP contribution >= 0.6 is 0 Å². The van der Waals surface area contributed by atoms with Crippen molar-refractivity contribution >= 4 is 5.69 Å². The number of nitrogens with zero attached hydrogens (tertiary/aromatic N) is 1. The molecule has 1 saturated heterocycles. The molecule has 1 fully saturated rings. The van der Waals surface area contributed by atoms with E-state index in [4.69, 9.17) is 4.74 Å². The lowest BCUT2D eigenvalue weighted by Crippen LogP contribution is -2.34. The average molecular weight is 249 g/mol. The summed E-state index contributed by atoms with van der Waals surface area (Å²) in [5.41, 5.74) is 3.72. The molecular weight excluding hydrogens is 226 g/mol. The van der Waals surface area contributed by atoms with Crippen molar-refractivity contribution in [3.63, 3.8) is 0 Å². The Kier molecular flexibility index (Phi) is 4.25. The summed E-state index contributed by atoms with van der Waals surface area (Å²) in [7, 11) is 2.04. The van der Waals surface area contributed by atoms with Gasteiger partial charge in [0.05, 0.1) is 12.7 Å². The molecule has 1 aromatic rings. The van der Waals surface area contributed by atoms with Crippen molar-refractivity contribution in [3.8, 4) is 0 Å². The summed E-state index contributed by atoms with van der Waals surface area (Å²) >= 11 is 0. The molecule has 1 N–H and O–H groups in total. The minimum absolute atomic E-state index is 0.290. The second-order valence-corrected chi connectivity index (χ2v) is 5.36. The molecule has 2 unspecified atom stereocenters. The monoisotopic (exact) mass is 249 g/mol. The molecule has 1 aromatic carbocycles. The molecule has 0 spiro atoms. The Hall–Kier alpha value is -1.06. The standard InChI is InChI=1S/C15H23NO2/c1-11-4-5-14(12(2)8-11)16(3)9-15(17)13-6-7-18-10-13/h4-5,8,13,15,17H,6-7,9-10H2,1-3H3. The van der Waals surface area contributed by atoms with E-state index in [-0.39, 0.29) is 6.10 Å². The number of hydrogen-bond acceptors (Lipinski definition) is 3. The van der Waals surface area contributed by atoms with Crippen molar-refractivity contribution in [2.75, 3.05) is 31.7 Å². The lowest BCUT2D eigenvalue weighted by molar-refractivity contribution is 0.0970. The zero-order valence-electron chi connectivity index (χ0n) is 11.5. The largest absolute Gasteiger partial charge is 0.391 e. The quantitative estimate of drug-likeness (QED) is 0.887. The highest BCUT2D eigenvalue weighted by Gasteiger charge is 2.25. The first kappa shape index (κ1) is 13.4. The first-order valence-corrected chi connectivity index (χ1v) is 6.62. The van der Waals surface area contributed by atoms with Crippen LogP contribution in [0.4, 0.5) is 5.69 Å². The summed E-state index contributed by atoms with van der Waals surface area (Å²) in [6.45, 7) is 6.36. The lowest BCUT2D eigenvalue weighted by Gasteiger charge is -2.27. The van der Waals surface area contributed by atoms with Gasteiger partial charge in [-0.05, 0) is 31.9 Å². The first-order chi connectivity index (χ1) is 8.58. The third-order valence-electron chi connectivity index (χ3n) is 3.73. The smallest absolute Gasteiger partial charge is 0.0765 e. The summed E-state index contributed by atoms with van der Waals surface area (Å²) in [5.74, 6) is 0.290. The van der Waals surface area contributed by atoms with Crippen LogP contribution < -0.4 is 4.90 Å². The molecule has 100 valence electrons. The van der Waals surface area contributed by atoms with Crippen LogP contribution in [0, 0.1) is 19.8 Å². The number of anilines is 1. The number of likely N-dealkylation sites (N-methyl/N-ethyl adjacent to an activating group) is 1. The number of aryl methyl sites for hydroxylation is 2. The Morgan fingerprint density at radius 1 is 1.44 bits per heavy atom. The van der Waals surface area contributed by atoms with Crippen LogP contribution in [-0.4, -0.2) is 38.0 Å². The van der Waals surface area contributed by atoms with Crippen molar-refractivity contribution in [2.45, 2.75) is 26.4 Å². The van der Waals surface area contributed by atoms with Gasteiger partial charge in [0.15, 0.2) is 0 Å². The summed E-state index contributed by atoms with van der Waals surface area (Å²) in [5, 5.41) is 10.2. The van der Waals surface area contributed by atoms with Crippen LogP contribution in [0.15, 0.2) is 18.2 Å². The van der Waals surface area contributed by atoms with E-state index in [1.807, 2.05) is 7.05 Å². The molecule has 3 nitrogen and oxygen atoms in total. The minimum atomic E-state index is -0.307. The zero-order chi connectivity index (χ0) is 13.1. The third kappa shape index (κ3) is 3.03. The fourth-order valence-electron chi connectivity index (χ4n) is 2.62. The van der Waals surface area contributed by atoms with E-state index >= 15 is 0 Å². The van der Waals surface area contributed by atoms with Gasteiger partial charge in [-0.25, -0.2) is 0 Å². The molecule has 1 heterocycles. The van der Waals surface area contributed by atoms with E-state index < -0.39 is 0 Å². The fourth-order valence-corrected chi connectivity index (χ4v) is 2.62. The maximum absolute atomic E-state index is 10.2. The minimum Gasteiger partial charge on any atom is -0.391 e. The third-order valence-corrected chi connectivity index (χ3v) is 3.73. The molecule has 0 saturated carbocycles. The number of hydrogen-bond donors (Lipinski definition) is 1. The van der Waals surface area contributed by atoms with Gasteiger partial charge in [-0.15, -0.1) is 0 Å². The van der Waals surface area contributed by atoms with Crippen LogP contribution in [0.25, 0.3) is 0 Å². The first-order valence-electron chi connectivity index (χ1n) is 6.62. The second-order valence-electron chi connectivity index (χ2n) is 5.36. The van der Waals surface area contributed by atoms with E-state index in [9.17, 15) is 5.11 Å². The number of benzene rings is 1. The Bertz CT molecular complexity index is 399. The van der Waals surface area contributed by atoms with Crippen LogP contribution in [0.1, 0.15) is 17.5 Å². The fraction of sp³-hybridized carbons (Fsp3) is 0.600. The van der Waals surface area contributed by atoms with Crippen molar-refractivity contribution in [2.24, 2.45) is 5.92 Å². The summed E-state index contributed by atoms with van der Waals surface area (Å²) in [6, 6.07) is 6.42. The molecule has 1 aliphatic heterocycles. The van der Waals surface area contributed by atoms with Crippen LogP contribution in [0.2, 0.25) is 0 Å². The molecule has 0 bridgehead atoms. The highest BCUT2D eigenvalue weighted by Crippen LogP contribution is 2.23. The molecule has 0 aliphatic carbocycles. The predicted molar refractivity (Wildman–Crippen MR) is 74.1 cm³/mol. The maximum Gasteiger partial charge on any atom is 0.0765 e. The molecule has 18 heavy (non-hydrogen) atoms. The summed E-state index contributed by atoms with van der Waals surface area (Å²) < 4.78 is 5.33. The zero-order valence-corrected chi connectivity index (χ0v) is 11.5. The number of aliphatic hydroxyl groups is 1. The lowest BCUT2D eigenvalue weighted by atomic mass is 10.0. The molecule has 1 aliphatic rings. The van der Waals surface area contributed by atoms with Crippen molar-refractivity contribution < 1.29 is 9.84 Å². The van der Waals surface area contributed by atoms with Crippen LogP contribution in [0.3, 0.4) is 0 Å². The highest BCUT2D eigenvalue weighted by atomic mass is 16.5. The Morgan fingerprint density at radius 2 is 2.22 bits per heavy atom. The number of ether oxygens (including phenoxy) is 1. The normalized spacial score (nSPS) is 21.0. The molecule has 0 radical (unpaired) electrons. The predicted octanol–water partition coefficient (Wildman–Crippen LogP) is 2.14. The van der Waals surface area contributed by atoms with E-state index in [0.29, 0.717) is 19.1 Å². The Morgan fingerprint density at radius 3 is 2.83 bits per heavy atom.